The number of carboxylic acid groups (broad SMARTS) is 1. The highest BCUT2D eigenvalue weighted by Gasteiger charge is 2.30. The summed E-state index contributed by atoms with van der Waals surface area (Å²) < 4.78 is 19.2. The van der Waals surface area contributed by atoms with E-state index in [1.165, 1.54) is 12.3 Å². The molecule has 3 rings (SSSR count). The van der Waals surface area contributed by atoms with Crippen molar-refractivity contribution in [1.82, 2.24) is 9.88 Å². The molecule has 24 heavy (non-hydrogen) atoms. The number of aryl methyl sites for hydroxylation is 1. The predicted molar refractivity (Wildman–Crippen MR) is 82.5 cm³/mol. The second kappa shape index (κ2) is 6.82. The third-order valence-electron chi connectivity index (χ3n) is 4.14. The molecule has 126 valence electrons. The van der Waals surface area contributed by atoms with E-state index in [2.05, 4.69) is 4.98 Å². The van der Waals surface area contributed by atoms with Gasteiger partial charge in [-0.2, -0.15) is 0 Å². The Morgan fingerprint density at radius 1 is 1.38 bits per heavy atom. The molecule has 1 aromatic heterocycles. The molecule has 1 saturated heterocycles. The Morgan fingerprint density at radius 3 is 2.88 bits per heavy atom. The maximum Gasteiger partial charge on any atom is 0.308 e. The molecule has 1 N–H and O–H groups in total. The summed E-state index contributed by atoms with van der Waals surface area (Å²) in [4.78, 5) is 28.7. The Morgan fingerprint density at radius 2 is 2.17 bits per heavy atom. The minimum absolute atomic E-state index is 0.121. The van der Waals surface area contributed by atoms with Crippen LogP contribution in [0.25, 0.3) is 11.3 Å². The lowest BCUT2D eigenvalue weighted by Gasteiger charge is -2.14. The van der Waals surface area contributed by atoms with Crippen molar-refractivity contribution in [2.75, 3.05) is 13.1 Å². The molecule has 1 aliphatic heterocycles. The number of benzene rings is 1. The fraction of sp³-hybridized carbons (Fsp3) is 0.353. The van der Waals surface area contributed by atoms with Crippen LogP contribution in [0.15, 0.2) is 34.9 Å². The summed E-state index contributed by atoms with van der Waals surface area (Å²) in [6.45, 7) is 0.710. The van der Waals surface area contributed by atoms with Crippen LogP contribution >= 0.6 is 0 Å². The molecule has 1 aliphatic rings. The zero-order chi connectivity index (χ0) is 17.1. The van der Waals surface area contributed by atoms with Gasteiger partial charge in [0.25, 0.3) is 0 Å². The number of hydrogen-bond donors (Lipinski definition) is 1. The molecule has 1 unspecified atom stereocenters. The smallest absolute Gasteiger partial charge is 0.308 e. The summed E-state index contributed by atoms with van der Waals surface area (Å²) in [7, 11) is 0. The molecule has 0 spiro atoms. The van der Waals surface area contributed by atoms with E-state index in [4.69, 9.17) is 9.52 Å². The van der Waals surface area contributed by atoms with Gasteiger partial charge in [0.1, 0.15) is 5.82 Å². The van der Waals surface area contributed by atoms with Crippen molar-refractivity contribution in [3.05, 3.63) is 42.2 Å². The van der Waals surface area contributed by atoms with Gasteiger partial charge in [-0.25, -0.2) is 9.37 Å². The molecule has 6 nitrogen and oxygen atoms in total. The maximum absolute atomic E-state index is 13.7. The predicted octanol–water partition coefficient (Wildman–Crippen LogP) is 2.35. The van der Waals surface area contributed by atoms with E-state index in [1.807, 2.05) is 0 Å². The van der Waals surface area contributed by atoms with Crippen LogP contribution in [0.5, 0.6) is 0 Å². The second-order valence-corrected chi connectivity index (χ2v) is 5.76. The van der Waals surface area contributed by atoms with Gasteiger partial charge >= 0.3 is 5.97 Å². The number of oxazole rings is 1. The van der Waals surface area contributed by atoms with Crippen LogP contribution in [0.1, 0.15) is 18.7 Å². The summed E-state index contributed by atoms with van der Waals surface area (Å²) >= 11 is 0. The zero-order valence-electron chi connectivity index (χ0n) is 12.9. The van der Waals surface area contributed by atoms with Crippen LogP contribution in [-0.4, -0.2) is 40.0 Å². The Balaban J connectivity index is 1.57. The van der Waals surface area contributed by atoms with Gasteiger partial charge in [0, 0.05) is 25.9 Å². The highest BCUT2D eigenvalue weighted by molar-refractivity contribution is 5.78. The van der Waals surface area contributed by atoms with Crippen LogP contribution in [-0.2, 0) is 16.0 Å². The Bertz CT molecular complexity index is 759. The van der Waals surface area contributed by atoms with Gasteiger partial charge in [-0.3, -0.25) is 9.59 Å². The number of aromatic nitrogens is 1. The molecule has 2 heterocycles. The first-order valence-electron chi connectivity index (χ1n) is 7.75. The molecule has 1 amide bonds. The second-order valence-electron chi connectivity index (χ2n) is 5.76. The van der Waals surface area contributed by atoms with Gasteiger partial charge in [0.15, 0.2) is 11.7 Å². The van der Waals surface area contributed by atoms with E-state index >= 15 is 0 Å². The highest BCUT2D eigenvalue weighted by Crippen LogP contribution is 2.24. The topological polar surface area (TPSA) is 83.6 Å². The Labute approximate surface area is 137 Å². The lowest BCUT2D eigenvalue weighted by molar-refractivity contribution is -0.141. The van der Waals surface area contributed by atoms with E-state index in [-0.39, 0.29) is 18.9 Å². The van der Waals surface area contributed by atoms with E-state index < -0.39 is 17.7 Å². The van der Waals surface area contributed by atoms with Crippen LogP contribution < -0.4 is 0 Å². The van der Waals surface area contributed by atoms with Crippen molar-refractivity contribution < 1.29 is 23.5 Å². The summed E-state index contributed by atoms with van der Waals surface area (Å²) in [6, 6.07) is 6.24. The first-order chi connectivity index (χ1) is 11.5. The van der Waals surface area contributed by atoms with E-state index in [0.29, 0.717) is 36.6 Å². The van der Waals surface area contributed by atoms with Gasteiger partial charge in [0.2, 0.25) is 5.91 Å². The van der Waals surface area contributed by atoms with Crippen molar-refractivity contribution in [1.29, 1.82) is 0 Å². The van der Waals surface area contributed by atoms with Gasteiger partial charge in [-0.05, 0) is 18.6 Å². The summed E-state index contributed by atoms with van der Waals surface area (Å²) in [6.07, 6.45) is 2.40. The molecule has 2 aromatic rings. The quantitative estimate of drug-likeness (QED) is 0.908. The van der Waals surface area contributed by atoms with Gasteiger partial charge < -0.3 is 14.4 Å². The molecule has 0 aliphatic carbocycles. The Kier molecular flexibility index (Phi) is 4.59. The Hall–Kier alpha value is -2.70. The van der Waals surface area contributed by atoms with Gasteiger partial charge in [0.05, 0.1) is 17.7 Å². The third-order valence-corrected chi connectivity index (χ3v) is 4.14. The molecule has 1 fully saturated rings. The van der Waals surface area contributed by atoms with E-state index in [9.17, 15) is 14.0 Å². The van der Waals surface area contributed by atoms with Crippen LogP contribution in [0.4, 0.5) is 4.39 Å². The van der Waals surface area contributed by atoms with Crippen LogP contribution in [0.3, 0.4) is 0 Å². The zero-order valence-corrected chi connectivity index (χ0v) is 12.9. The van der Waals surface area contributed by atoms with Crippen molar-refractivity contribution in [3.63, 3.8) is 0 Å². The number of likely N-dealkylation sites (tertiary alicyclic amines) is 1. The third kappa shape index (κ3) is 3.45. The molecule has 7 heteroatoms. The number of carboxylic acids is 1. The molecular weight excluding hydrogens is 315 g/mol. The van der Waals surface area contributed by atoms with Crippen molar-refractivity contribution in [2.24, 2.45) is 5.92 Å². The first-order valence-corrected chi connectivity index (χ1v) is 7.75. The lowest BCUT2D eigenvalue weighted by atomic mass is 10.1. The number of nitrogens with zero attached hydrogens (tertiary/aromatic N) is 2. The lowest BCUT2D eigenvalue weighted by Crippen LogP contribution is -2.30. The monoisotopic (exact) mass is 332 g/mol. The standard InChI is InChI=1S/C17H17FN2O4/c18-13-4-2-1-3-12(13)14-9-19-15(24-14)5-6-16(21)20-8-7-11(10-20)17(22)23/h1-4,9,11H,5-8,10H2,(H,22,23). The average Bonchev–Trinajstić information content (AvgIpc) is 3.22. The summed E-state index contributed by atoms with van der Waals surface area (Å²) in [5.41, 5.74) is 0.325. The summed E-state index contributed by atoms with van der Waals surface area (Å²) in [5, 5.41) is 8.96. The number of carbonyl (C=O) groups is 2. The SMILES string of the molecule is O=C(O)C1CCN(C(=O)CCc2ncc(-c3ccccc3F)o2)C1. The first kappa shape index (κ1) is 16.2. The molecule has 0 saturated carbocycles. The largest absolute Gasteiger partial charge is 0.481 e. The maximum atomic E-state index is 13.7. The van der Waals surface area contributed by atoms with Crippen LogP contribution in [0.2, 0.25) is 0 Å². The average molecular weight is 332 g/mol. The van der Waals surface area contributed by atoms with Gasteiger partial charge in [-0.15, -0.1) is 0 Å². The van der Waals surface area contributed by atoms with Crippen molar-refractivity contribution in [2.45, 2.75) is 19.3 Å². The number of halogens is 1. The molecular formula is C17H17FN2O4. The number of rotatable bonds is 5. The van der Waals surface area contributed by atoms with Crippen molar-refractivity contribution in [3.8, 4) is 11.3 Å². The molecule has 1 aromatic carbocycles. The molecule has 0 radical (unpaired) electrons. The fourth-order valence-corrected chi connectivity index (χ4v) is 2.77. The van der Waals surface area contributed by atoms with E-state index in [0.717, 1.165) is 0 Å². The number of carbonyl (C=O) groups excluding carboxylic acids is 1. The fourth-order valence-electron chi connectivity index (χ4n) is 2.77. The number of aliphatic carboxylic acids is 1. The van der Waals surface area contributed by atoms with E-state index in [1.54, 1.807) is 23.1 Å². The minimum atomic E-state index is -0.868. The summed E-state index contributed by atoms with van der Waals surface area (Å²) in [5.74, 6) is -1.19. The van der Waals surface area contributed by atoms with Gasteiger partial charge in [-0.1, -0.05) is 12.1 Å². The normalized spacial score (nSPS) is 17.2. The van der Waals surface area contributed by atoms with Crippen LogP contribution in [0, 0.1) is 11.7 Å². The molecule has 1 atom stereocenters. The number of hydrogen-bond acceptors (Lipinski definition) is 4. The minimum Gasteiger partial charge on any atom is -0.481 e. The highest BCUT2D eigenvalue weighted by atomic mass is 19.1. The molecule has 0 bridgehead atoms. The number of amides is 1. The van der Waals surface area contributed by atoms with Crippen molar-refractivity contribution >= 4 is 11.9 Å².